The monoisotopic (exact) mass is 570 g/mol. The highest BCUT2D eigenvalue weighted by molar-refractivity contribution is 6.03. The van der Waals surface area contributed by atoms with E-state index in [1.54, 1.807) is 29.2 Å². The molecule has 11 nitrogen and oxygen atoms in total. The number of benzene rings is 1. The Bertz CT molecular complexity index is 1320. The summed E-state index contributed by atoms with van der Waals surface area (Å²) >= 11 is 0. The number of pyridine rings is 1. The van der Waals surface area contributed by atoms with Crippen molar-refractivity contribution in [3.63, 3.8) is 0 Å². The third-order valence-electron chi connectivity index (χ3n) is 6.40. The smallest absolute Gasteiger partial charge is 0.410 e. The van der Waals surface area contributed by atoms with Gasteiger partial charge in [0.1, 0.15) is 22.6 Å². The molecule has 2 amide bonds. The predicted molar refractivity (Wildman–Crippen MR) is 164 cm³/mol. The van der Waals surface area contributed by atoms with Gasteiger partial charge in [-0.25, -0.2) is 9.78 Å². The maximum Gasteiger partial charge on any atom is 0.410 e. The van der Waals surface area contributed by atoms with Crippen LogP contribution in [-0.4, -0.2) is 77.9 Å². The van der Waals surface area contributed by atoms with Gasteiger partial charge in [-0.1, -0.05) is 26.3 Å². The molecule has 2 saturated heterocycles. The standard InChI is InChI=1S/C27H34N6O5.C3H8.2H2/c1-27(2,3)38-26(35)33-11-9-18(10-12-33)28-23-6-4-5-21(30-23)24(34)29-19-7-8-20-22(17-19)37-25(31-20)32-13-15-36-16-14-32;1-3-2;;/h4-8,17-18H,9-16H2,1-3H3,(H,28,30)(H,29,34);3H2,1-2H3;2*1H. The molecule has 0 atom stereocenters. The van der Waals surface area contributed by atoms with Crippen molar-refractivity contribution in [3.8, 4) is 0 Å². The van der Waals surface area contributed by atoms with E-state index in [0.29, 0.717) is 55.1 Å². The van der Waals surface area contributed by atoms with E-state index in [-0.39, 0.29) is 20.9 Å². The molecule has 11 heteroatoms. The Kier molecular flexibility index (Phi) is 10.0. The van der Waals surface area contributed by atoms with Crippen molar-refractivity contribution >= 4 is 40.6 Å². The van der Waals surface area contributed by atoms with Gasteiger partial charge < -0.3 is 34.3 Å². The van der Waals surface area contributed by atoms with Crippen molar-refractivity contribution in [2.45, 2.75) is 65.5 Å². The largest absolute Gasteiger partial charge is 0.444 e. The normalized spacial score (nSPS) is 16.1. The number of morpholine rings is 1. The highest BCUT2D eigenvalue weighted by atomic mass is 16.6. The Morgan fingerprint density at radius 2 is 1.76 bits per heavy atom. The highest BCUT2D eigenvalue weighted by Gasteiger charge is 2.27. The summed E-state index contributed by atoms with van der Waals surface area (Å²) in [6.07, 6.45) is 2.50. The number of carbonyl (C=O) groups excluding carboxylic acids is 2. The van der Waals surface area contributed by atoms with Crippen molar-refractivity contribution in [1.82, 2.24) is 14.9 Å². The molecule has 0 radical (unpaired) electrons. The molecule has 3 aromatic rings. The third kappa shape index (κ3) is 8.56. The summed E-state index contributed by atoms with van der Waals surface area (Å²) < 4.78 is 16.8. The molecular formula is C30H46N6O5. The minimum absolute atomic E-state index is 0. The van der Waals surface area contributed by atoms with Crippen LogP contribution in [0.1, 0.15) is 67.2 Å². The van der Waals surface area contributed by atoms with E-state index in [4.69, 9.17) is 13.9 Å². The number of amides is 2. The molecule has 2 aliphatic heterocycles. The molecule has 2 aromatic heterocycles. The average Bonchev–Trinajstić information content (AvgIpc) is 3.37. The van der Waals surface area contributed by atoms with Crippen LogP contribution < -0.4 is 15.5 Å². The SMILES string of the molecule is CC(C)(C)OC(=O)N1CCC(Nc2cccc(C(=O)Nc3ccc4nc(N5CCOCC5)oc4c3)n2)CC1.CCC.[HH].[HH]. The summed E-state index contributed by atoms with van der Waals surface area (Å²) in [5.74, 6) is 0.301. The van der Waals surface area contributed by atoms with Gasteiger partial charge in [0.25, 0.3) is 11.9 Å². The van der Waals surface area contributed by atoms with Gasteiger partial charge in [-0.05, 0) is 57.9 Å². The lowest BCUT2D eigenvalue weighted by Crippen LogP contribution is -2.44. The van der Waals surface area contributed by atoms with Crippen molar-refractivity contribution < 1.29 is 26.3 Å². The molecule has 5 rings (SSSR count). The van der Waals surface area contributed by atoms with E-state index >= 15 is 0 Å². The molecule has 0 spiro atoms. The molecule has 4 heterocycles. The fraction of sp³-hybridized carbons (Fsp3) is 0.533. The molecule has 2 fully saturated rings. The molecule has 0 saturated carbocycles. The summed E-state index contributed by atoms with van der Waals surface area (Å²) in [6.45, 7) is 13.8. The number of hydrogen-bond acceptors (Lipinski definition) is 9. The van der Waals surface area contributed by atoms with E-state index in [9.17, 15) is 9.59 Å². The van der Waals surface area contributed by atoms with E-state index < -0.39 is 5.60 Å². The van der Waals surface area contributed by atoms with Crippen molar-refractivity contribution in [3.05, 3.63) is 42.1 Å². The second-order valence-electron chi connectivity index (χ2n) is 11.2. The maximum absolute atomic E-state index is 13.0. The Hall–Kier alpha value is -3.86. The third-order valence-corrected chi connectivity index (χ3v) is 6.40. The number of anilines is 3. The minimum Gasteiger partial charge on any atom is -0.444 e. The van der Waals surface area contributed by atoms with Crippen LogP contribution in [0.25, 0.3) is 11.1 Å². The number of ether oxygens (including phenoxy) is 2. The van der Waals surface area contributed by atoms with Crippen LogP contribution in [0, 0.1) is 0 Å². The number of nitrogens with zero attached hydrogens (tertiary/aromatic N) is 4. The van der Waals surface area contributed by atoms with Crippen molar-refractivity contribution in [2.75, 3.05) is 54.9 Å². The Balaban J connectivity index is 0.00000124. The number of nitrogens with one attached hydrogen (secondary N) is 2. The van der Waals surface area contributed by atoms with Crippen LogP contribution in [0.3, 0.4) is 0 Å². The van der Waals surface area contributed by atoms with Gasteiger partial charge in [-0.2, -0.15) is 4.98 Å². The fourth-order valence-corrected chi connectivity index (χ4v) is 4.46. The first-order valence-electron chi connectivity index (χ1n) is 14.4. The van der Waals surface area contributed by atoms with E-state index in [1.807, 2.05) is 37.8 Å². The van der Waals surface area contributed by atoms with Crippen molar-refractivity contribution in [2.24, 2.45) is 0 Å². The van der Waals surface area contributed by atoms with Crippen LogP contribution in [0.4, 0.5) is 22.3 Å². The van der Waals surface area contributed by atoms with Gasteiger partial charge in [0.05, 0.1) is 13.2 Å². The average molecular weight is 571 g/mol. The first-order chi connectivity index (χ1) is 19.6. The van der Waals surface area contributed by atoms with Gasteiger partial charge in [-0.3, -0.25) is 4.79 Å². The zero-order chi connectivity index (χ0) is 29.4. The zero-order valence-electron chi connectivity index (χ0n) is 24.7. The summed E-state index contributed by atoms with van der Waals surface area (Å²) in [5.41, 5.74) is 1.72. The molecule has 0 unspecified atom stereocenters. The number of hydrogen-bond donors (Lipinski definition) is 2. The number of carbonyl (C=O) groups is 2. The molecular weight excluding hydrogens is 524 g/mol. The molecule has 1 aromatic carbocycles. The lowest BCUT2D eigenvalue weighted by atomic mass is 10.1. The Labute approximate surface area is 244 Å². The van der Waals surface area contributed by atoms with Gasteiger partial charge in [0.2, 0.25) is 0 Å². The van der Waals surface area contributed by atoms with Crippen LogP contribution >= 0.6 is 0 Å². The van der Waals surface area contributed by atoms with Crippen LogP contribution in [0.15, 0.2) is 40.8 Å². The Morgan fingerprint density at radius 1 is 1.05 bits per heavy atom. The Morgan fingerprint density at radius 3 is 2.44 bits per heavy atom. The van der Waals surface area contributed by atoms with Crippen molar-refractivity contribution in [1.29, 1.82) is 0 Å². The number of likely N-dealkylation sites (tertiary alicyclic amines) is 1. The molecule has 226 valence electrons. The second kappa shape index (κ2) is 13.7. The van der Waals surface area contributed by atoms with Crippen LogP contribution in [0.2, 0.25) is 0 Å². The number of piperidine rings is 1. The molecule has 2 aliphatic rings. The minimum atomic E-state index is -0.510. The molecule has 41 heavy (non-hydrogen) atoms. The summed E-state index contributed by atoms with van der Waals surface area (Å²) in [5, 5.41) is 6.30. The number of aromatic nitrogens is 2. The second-order valence-corrected chi connectivity index (χ2v) is 11.2. The van der Waals surface area contributed by atoms with E-state index in [0.717, 1.165) is 31.4 Å². The van der Waals surface area contributed by atoms with Gasteiger partial charge in [0, 0.05) is 46.8 Å². The number of oxazole rings is 1. The first-order valence-corrected chi connectivity index (χ1v) is 14.4. The van der Waals surface area contributed by atoms with Gasteiger partial charge in [-0.15, -0.1) is 0 Å². The lowest BCUT2D eigenvalue weighted by Gasteiger charge is -2.33. The van der Waals surface area contributed by atoms with Gasteiger partial charge in [0.15, 0.2) is 5.58 Å². The number of rotatable bonds is 5. The molecule has 2 N–H and O–H groups in total. The quantitative estimate of drug-likeness (QED) is 0.378. The van der Waals surface area contributed by atoms with E-state index in [2.05, 4.69) is 34.4 Å². The topological polar surface area (TPSA) is 122 Å². The summed E-state index contributed by atoms with van der Waals surface area (Å²) in [4.78, 5) is 38.1. The van der Waals surface area contributed by atoms with E-state index in [1.165, 1.54) is 6.42 Å². The van der Waals surface area contributed by atoms with Crippen LogP contribution in [-0.2, 0) is 9.47 Å². The van der Waals surface area contributed by atoms with Gasteiger partial charge >= 0.3 is 6.09 Å². The lowest BCUT2D eigenvalue weighted by molar-refractivity contribution is 0.0210. The maximum atomic E-state index is 13.0. The fourth-order valence-electron chi connectivity index (χ4n) is 4.46. The molecule has 0 bridgehead atoms. The summed E-state index contributed by atoms with van der Waals surface area (Å²) in [7, 11) is 0. The predicted octanol–water partition coefficient (Wildman–Crippen LogP) is 6.03. The van der Waals surface area contributed by atoms with Crippen LogP contribution in [0.5, 0.6) is 0 Å². The number of fused-ring (bicyclic) bond motifs is 1. The molecule has 0 aliphatic carbocycles. The highest BCUT2D eigenvalue weighted by Crippen LogP contribution is 2.26. The first kappa shape index (κ1) is 30.1. The summed E-state index contributed by atoms with van der Waals surface area (Å²) in [6, 6.07) is 11.4. The zero-order valence-corrected chi connectivity index (χ0v) is 24.7.